The Balaban J connectivity index is 1.56. The summed E-state index contributed by atoms with van der Waals surface area (Å²) >= 11 is 0. The van der Waals surface area contributed by atoms with Crippen LogP contribution in [0.25, 0.3) is 10.9 Å². The molecule has 1 aromatic heterocycles. The van der Waals surface area contributed by atoms with Gasteiger partial charge >= 0.3 is 5.97 Å². The zero-order valence-corrected chi connectivity index (χ0v) is 17.9. The number of benzene rings is 2. The zero-order valence-electron chi connectivity index (χ0n) is 17.9. The number of nitrogens with zero attached hydrogens (tertiary/aromatic N) is 2. The fraction of sp³-hybridized carbons (Fsp3) is 0.250. The maximum Gasteiger partial charge on any atom is 0.339 e. The average Bonchev–Trinajstić information content (AvgIpc) is 2.77. The second-order valence-corrected chi connectivity index (χ2v) is 7.90. The van der Waals surface area contributed by atoms with Crippen LogP contribution in [0.2, 0.25) is 0 Å². The number of hydrogen-bond acceptors (Lipinski definition) is 6. The van der Waals surface area contributed by atoms with Crippen molar-refractivity contribution >= 4 is 34.4 Å². The number of likely N-dealkylation sites (N-methyl/N-ethyl adjacent to an activating group) is 1. The van der Waals surface area contributed by atoms with E-state index in [1.807, 2.05) is 31.3 Å². The third-order valence-electron chi connectivity index (χ3n) is 5.53. The van der Waals surface area contributed by atoms with E-state index in [9.17, 15) is 14.4 Å². The van der Waals surface area contributed by atoms with Crippen molar-refractivity contribution in [3.63, 3.8) is 0 Å². The molecule has 1 atom stereocenters. The molecule has 2 amide bonds. The van der Waals surface area contributed by atoms with Gasteiger partial charge in [0.25, 0.3) is 5.91 Å². The van der Waals surface area contributed by atoms with Crippen LogP contribution in [0, 0.1) is 0 Å². The fourth-order valence-electron chi connectivity index (χ4n) is 3.79. The van der Waals surface area contributed by atoms with Gasteiger partial charge in [0.05, 0.1) is 11.1 Å². The summed E-state index contributed by atoms with van der Waals surface area (Å²) in [6.07, 6.45) is -0.281. The lowest BCUT2D eigenvalue weighted by Gasteiger charge is -2.27. The molecule has 0 spiro atoms. The van der Waals surface area contributed by atoms with Gasteiger partial charge in [-0.05, 0) is 44.3 Å². The normalized spacial score (nSPS) is 14.4. The van der Waals surface area contributed by atoms with Crippen LogP contribution in [0.3, 0.4) is 0 Å². The van der Waals surface area contributed by atoms with Crippen molar-refractivity contribution in [2.45, 2.75) is 26.0 Å². The molecule has 3 N–H and O–H groups in total. The lowest BCUT2D eigenvalue weighted by molar-refractivity contribution is -0.123. The Hall–Kier alpha value is -3.78. The van der Waals surface area contributed by atoms with Crippen molar-refractivity contribution in [3.05, 3.63) is 70.9 Å². The maximum atomic E-state index is 13.2. The molecule has 1 unspecified atom stereocenters. The lowest BCUT2D eigenvalue weighted by Crippen LogP contribution is -2.32. The molecule has 1 aliphatic rings. The van der Waals surface area contributed by atoms with E-state index in [0.717, 1.165) is 29.7 Å². The largest absolute Gasteiger partial charge is 0.449 e. The fourth-order valence-corrected chi connectivity index (χ4v) is 3.79. The number of pyridine rings is 1. The average molecular weight is 432 g/mol. The number of rotatable bonds is 5. The molecule has 0 saturated heterocycles. The highest BCUT2D eigenvalue weighted by Crippen LogP contribution is 2.28. The van der Waals surface area contributed by atoms with Gasteiger partial charge in [0, 0.05) is 47.4 Å². The first kappa shape index (κ1) is 21.5. The quantitative estimate of drug-likeness (QED) is 0.599. The predicted octanol–water partition coefficient (Wildman–Crippen LogP) is 2.51. The topological polar surface area (TPSA) is 115 Å². The van der Waals surface area contributed by atoms with Gasteiger partial charge in [0.2, 0.25) is 5.91 Å². The van der Waals surface area contributed by atoms with Crippen LogP contribution in [0.5, 0.6) is 0 Å². The number of nitrogens with one attached hydrogen (secondary N) is 1. The summed E-state index contributed by atoms with van der Waals surface area (Å²) in [6.45, 7) is 2.97. The first-order valence-corrected chi connectivity index (χ1v) is 10.3. The van der Waals surface area contributed by atoms with Gasteiger partial charge in [-0.2, -0.15) is 0 Å². The standard InChI is InChI=1S/C24H24N4O4/c1-14(23(30)26-16-9-7-15(8-10-16)22(25)29)32-24(31)21-17-5-3-4-6-19(17)27-20-11-12-28(2)13-18(20)21/h3-10,14H,11-13H2,1-2H3,(H2,25,29)(H,26,30). The molecule has 3 aromatic rings. The van der Waals surface area contributed by atoms with Crippen LogP contribution in [0.1, 0.15) is 38.9 Å². The van der Waals surface area contributed by atoms with E-state index >= 15 is 0 Å². The molecule has 4 rings (SSSR count). The van der Waals surface area contributed by atoms with Crippen molar-refractivity contribution in [3.8, 4) is 0 Å². The van der Waals surface area contributed by atoms with Crippen LogP contribution in [0.15, 0.2) is 48.5 Å². The van der Waals surface area contributed by atoms with E-state index in [1.54, 1.807) is 12.1 Å². The third-order valence-corrected chi connectivity index (χ3v) is 5.53. The van der Waals surface area contributed by atoms with Crippen molar-refractivity contribution < 1.29 is 19.1 Å². The van der Waals surface area contributed by atoms with Crippen molar-refractivity contribution in [1.82, 2.24) is 9.88 Å². The minimum Gasteiger partial charge on any atom is -0.449 e. The smallest absolute Gasteiger partial charge is 0.339 e. The van der Waals surface area contributed by atoms with Gasteiger partial charge in [0.1, 0.15) is 0 Å². The number of aromatic nitrogens is 1. The molecule has 2 aromatic carbocycles. The number of para-hydroxylation sites is 1. The minimum atomic E-state index is -1.03. The van der Waals surface area contributed by atoms with Gasteiger partial charge < -0.3 is 20.7 Å². The Morgan fingerprint density at radius 2 is 1.84 bits per heavy atom. The molecule has 0 aliphatic carbocycles. The molecule has 32 heavy (non-hydrogen) atoms. The summed E-state index contributed by atoms with van der Waals surface area (Å²) in [5, 5.41) is 3.39. The summed E-state index contributed by atoms with van der Waals surface area (Å²) in [5.74, 6) is -1.58. The van der Waals surface area contributed by atoms with Gasteiger partial charge in [-0.15, -0.1) is 0 Å². The molecule has 0 radical (unpaired) electrons. The zero-order chi connectivity index (χ0) is 22.8. The van der Waals surface area contributed by atoms with Gasteiger partial charge in [0.15, 0.2) is 6.10 Å². The van der Waals surface area contributed by atoms with Crippen LogP contribution in [0.4, 0.5) is 5.69 Å². The monoisotopic (exact) mass is 432 g/mol. The number of anilines is 1. The van der Waals surface area contributed by atoms with Gasteiger partial charge in [-0.25, -0.2) is 4.79 Å². The molecular formula is C24H24N4O4. The number of amides is 2. The Labute approximate surface area is 185 Å². The number of esters is 1. The summed E-state index contributed by atoms with van der Waals surface area (Å²) in [6, 6.07) is 13.6. The summed E-state index contributed by atoms with van der Waals surface area (Å²) in [5.41, 5.74) is 8.96. The summed E-state index contributed by atoms with van der Waals surface area (Å²) < 4.78 is 5.57. The number of carbonyl (C=O) groups excluding carboxylic acids is 3. The molecule has 1 aliphatic heterocycles. The van der Waals surface area contributed by atoms with Crippen molar-refractivity contribution in [2.75, 3.05) is 18.9 Å². The highest BCUT2D eigenvalue weighted by atomic mass is 16.5. The Bertz CT molecular complexity index is 1210. The number of hydrogen-bond donors (Lipinski definition) is 2. The number of fused-ring (bicyclic) bond motifs is 2. The number of carbonyl (C=O) groups is 3. The van der Waals surface area contributed by atoms with E-state index < -0.39 is 23.9 Å². The molecule has 0 saturated carbocycles. The molecular weight excluding hydrogens is 408 g/mol. The van der Waals surface area contributed by atoms with Crippen LogP contribution in [-0.4, -0.2) is 47.4 Å². The molecule has 0 bridgehead atoms. The maximum absolute atomic E-state index is 13.2. The van der Waals surface area contributed by atoms with E-state index in [0.29, 0.717) is 28.7 Å². The van der Waals surface area contributed by atoms with Crippen molar-refractivity contribution in [1.29, 1.82) is 0 Å². The van der Waals surface area contributed by atoms with Crippen LogP contribution >= 0.6 is 0 Å². The highest BCUT2D eigenvalue weighted by molar-refractivity contribution is 6.06. The third kappa shape index (κ3) is 4.31. The SMILES string of the molecule is CC(OC(=O)c1c2c(nc3ccccc13)CCN(C)C2)C(=O)Nc1ccc(C(N)=O)cc1. The lowest BCUT2D eigenvalue weighted by atomic mass is 9.96. The second kappa shape index (κ2) is 8.76. The predicted molar refractivity (Wildman–Crippen MR) is 120 cm³/mol. The molecule has 8 heteroatoms. The molecule has 164 valence electrons. The Kier molecular flexibility index (Phi) is 5.87. The second-order valence-electron chi connectivity index (χ2n) is 7.90. The molecule has 0 fully saturated rings. The minimum absolute atomic E-state index is 0.335. The Morgan fingerprint density at radius 3 is 2.56 bits per heavy atom. The first-order valence-electron chi connectivity index (χ1n) is 10.3. The summed E-state index contributed by atoms with van der Waals surface area (Å²) in [7, 11) is 1.99. The number of primary amides is 1. The van der Waals surface area contributed by atoms with Crippen molar-refractivity contribution in [2.24, 2.45) is 5.73 Å². The molecule has 2 heterocycles. The van der Waals surface area contributed by atoms with E-state index in [2.05, 4.69) is 10.2 Å². The molecule has 8 nitrogen and oxygen atoms in total. The van der Waals surface area contributed by atoms with E-state index in [1.165, 1.54) is 19.1 Å². The summed E-state index contributed by atoms with van der Waals surface area (Å²) in [4.78, 5) is 43.9. The van der Waals surface area contributed by atoms with Gasteiger partial charge in [-0.1, -0.05) is 18.2 Å². The van der Waals surface area contributed by atoms with E-state index in [-0.39, 0.29) is 0 Å². The van der Waals surface area contributed by atoms with Gasteiger partial charge in [-0.3, -0.25) is 14.6 Å². The Morgan fingerprint density at radius 1 is 1.12 bits per heavy atom. The van der Waals surface area contributed by atoms with Crippen LogP contribution in [-0.2, 0) is 22.5 Å². The highest BCUT2D eigenvalue weighted by Gasteiger charge is 2.27. The first-order chi connectivity index (χ1) is 15.3. The number of ether oxygens (including phenoxy) is 1. The number of nitrogens with two attached hydrogens (primary N) is 1. The van der Waals surface area contributed by atoms with Crippen LogP contribution < -0.4 is 11.1 Å². The van der Waals surface area contributed by atoms with E-state index in [4.69, 9.17) is 15.5 Å².